The normalized spacial score (nSPS) is 15.6. The van der Waals surface area contributed by atoms with Crippen molar-refractivity contribution >= 4 is 11.6 Å². The number of hydrogen-bond acceptors (Lipinski definition) is 4. The summed E-state index contributed by atoms with van der Waals surface area (Å²) < 4.78 is 25.7. The lowest BCUT2D eigenvalue weighted by molar-refractivity contribution is -0.123. The molecular weight excluding hydrogens is 349 g/mol. The van der Waals surface area contributed by atoms with Crippen molar-refractivity contribution in [3.63, 3.8) is 0 Å². The standard InChI is InChI=1S/C20H18FN3O3/c1-26-19-9-16(15(21)8-14(19)13-10-22-23-11-13)24-20(25)18-7-6-12-4-2-3-5-17(12)27-18/h2-5,8-11,18H,6-7H2,1H3,(H,22,23)(H,24,25). The molecule has 7 heteroatoms. The second-order valence-corrected chi connectivity index (χ2v) is 6.26. The molecule has 0 bridgehead atoms. The van der Waals surface area contributed by atoms with Crippen molar-refractivity contribution in [1.29, 1.82) is 0 Å². The number of rotatable bonds is 4. The molecule has 27 heavy (non-hydrogen) atoms. The van der Waals surface area contributed by atoms with Crippen LogP contribution >= 0.6 is 0 Å². The highest BCUT2D eigenvalue weighted by Gasteiger charge is 2.27. The van der Waals surface area contributed by atoms with Crippen molar-refractivity contribution in [2.24, 2.45) is 0 Å². The van der Waals surface area contributed by atoms with Crippen molar-refractivity contribution in [3.8, 4) is 22.6 Å². The fourth-order valence-corrected chi connectivity index (χ4v) is 3.16. The average molecular weight is 367 g/mol. The molecule has 1 atom stereocenters. The van der Waals surface area contributed by atoms with Crippen LogP contribution in [-0.4, -0.2) is 29.3 Å². The Labute approximate surface area is 155 Å². The Morgan fingerprint density at radius 2 is 2.22 bits per heavy atom. The van der Waals surface area contributed by atoms with Gasteiger partial charge in [-0.1, -0.05) is 18.2 Å². The van der Waals surface area contributed by atoms with Crippen LogP contribution in [0.3, 0.4) is 0 Å². The quantitative estimate of drug-likeness (QED) is 0.739. The van der Waals surface area contributed by atoms with E-state index in [1.165, 1.54) is 19.2 Å². The molecule has 0 radical (unpaired) electrons. The third-order valence-electron chi connectivity index (χ3n) is 4.57. The highest BCUT2D eigenvalue weighted by Crippen LogP contribution is 2.34. The molecular formula is C20H18FN3O3. The van der Waals surface area contributed by atoms with Crippen LogP contribution in [-0.2, 0) is 11.2 Å². The molecule has 1 aliphatic rings. The molecule has 1 amide bonds. The number of para-hydroxylation sites is 1. The van der Waals surface area contributed by atoms with Gasteiger partial charge in [-0.25, -0.2) is 4.39 Å². The van der Waals surface area contributed by atoms with Crippen molar-refractivity contribution < 1.29 is 18.7 Å². The van der Waals surface area contributed by atoms with Gasteiger partial charge in [0.2, 0.25) is 0 Å². The van der Waals surface area contributed by atoms with Crippen LogP contribution in [0.4, 0.5) is 10.1 Å². The van der Waals surface area contributed by atoms with Gasteiger partial charge in [0.15, 0.2) is 6.10 Å². The summed E-state index contributed by atoms with van der Waals surface area (Å²) in [5, 5.41) is 9.16. The molecule has 0 spiro atoms. The summed E-state index contributed by atoms with van der Waals surface area (Å²) in [6.07, 6.45) is 3.82. The fourth-order valence-electron chi connectivity index (χ4n) is 3.16. The molecule has 4 rings (SSSR count). The zero-order valence-corrected chi connectivity index (χ0v) is 14.7. The second kappa shape index (κ2) is 7.11. The zero-order chi connectivity index (χ0) is 18.8. The number of benzene rings is 2. The first-order chi connectivity index (χ1) is 13.2. The Kier molecular flexibility index (Phi) is 4.50. The molecule has 6 nitrogen and oxygen atoms in total. The summed E-state index contributed by atoms with van der Waals surface area (Å²) in [6.45, 7) is 0. The maximum atomic E-state index is 14.6. The van der Waals surface area contributed by atoms with Gasteiger partial charge in [-0.15, -0.1) is 0 Å². The number of fused-ring (bicyclic) bond motifs is 1. The van der Waals surface area contributed by atoms with Gasteiger partial charge in [0.1, 0.15) is 17.3 Å². The minimum Gasteiger partial charge on any atom is -0.496 e. The number of H-pyrrole nitrogens is 1. The molecule has 2 aromatic carbocycles. The topological polar surface area (TPSA) is 76.2 Å². The lowest BCUT2D eigenvalue weighted by Gasteiger charge is -2.25. The van der Waals surface area contributed by atoms with Crippen LogP contribution in [0.25, 0.3) is 11.1 Å². The maximum absolute atomic E-state index is 14.6. The number of halogens is 1. The number of anilines is 1. The maximum Gasteiger partial charge on any atom is 0.265 e. The molecule has 1 unspecified atom stereocenters. The van der Waals surface area contributed by atoms with E-state index in [4.69, 9.17) is 9.47 Å². The molecule has 2 N–H and O–H groups in total. The Hall–Kier alpha value is -3.35. The number of nitrogens with one attached hydrogen (secondary N) is 2. The van der Waals surface area contributed by atoms with Gasteiger partial charge in [-0.05, 0) is 30.5 Å². The number of ether oxygens (including phenoxy) is 2. The van der Waals surface area contributed by atoms with Gasteiger partial charge >= 0.3 is 0 Å². The number of aryl methyl sites for hydroxylation is 1. The second-order valence-electron chi connectivity index (χ2n) is 6.26. The van der Waals surface area contributed by atoms with E-state index in [9.17, 15) is 9.18 Å². The van der Waals surface area contributed by atoms with Gasteiger partial charge in [0.05, 0.1) is 19.0 Å². The largest absolute Gasteiger partial charge is 0.496 e. The number of nitrogens with zero attached hydrogens (tertiary/aromatic N) is 1. The first kappa shape index (κ1) is 17.1. The molecule has 3 aromatic rings. The summed E-state index contributed by atoms with van der Waals surface area (Å²) in [5.74, 6) is 0.179. The molecule has 0 fully saturated rings. The van der Waals surface area contributed by atoms with E-state index in [1.54, 1.807) is 12.4 Å². The predicted molar refractivity (Wildman–Crippen MR) is 98.3 cm³/mol. The van der Waals surface area contributed by atoms with Crippen LogP contribution in [0.5, 0.6) is 11.5 Å². The lowest BCUT2D eigenvalue weighted by atomic mass is 10.0. The number of aromatic nitrogens is 2. The first-order valence-corrected chi connectivity index (χ1v) is 8.58. The molecule has 2 heterocycles. The Balaban J connectivity index is 1.55. The highest BCUT2D eigenvalue weighted by molar-refractivity contribution is 5.95. The summed E-state index contributed by atoms with van der Waals surface area (Å²) in [6, 6.07) is 10.4. The Morgan fingerprint density at radius 1 is 1.37 bits per heavy atom. The summed E-state index contributed by atoms with van der Waals surface area (Å²) in [5.41, 5.74) is 2.35. The third kappa shape index (κ3) is 3.36. The number of carbonyl (C=O) groups is 1. The average Bonchev–Trinajstić information content (AvgIpc) is 3.23. The highest BCUT2D eigenvalue weighted by atomic mass is 19.1. The van der Waals surface area contributed by atoms with Gasteiger partial charge < -0.3 is 14.8 Å². The molecule has 1 aromatic heterocycles. The first-order valence-electron chi connectivity index (χ1n) is 8.58. The van der Waals surface area contributed by atoms with E-state index in [1.807, 2.05) is 24.3 Å². The van der Waals surface area contributed by atoms with Crippen molar-refractivity contribution in [3.05, 3.63) is 60.2 Å². The van der Waals surface area contributed by atoms with E-state index in [2.05, 4.69) is 15.5 Å². The molecule has 0 aliphatic carbocycles. The van der Waals surface area contributed by atoms with E-state index in [0.717, 1.165) is 12.0 Å². The van der Waals surface area contributed by atoms with E-state index in [-0.39, 0.29) is 11.6 Å². The van der Waals surface area contributed by atoms with E-state index >= 15 is 0 Å². The number of amides is 1. The molecule has 0 saturated carbocycles. The van der Waals surface area contributed by atoms with Crippen LogP contribution in [0, 0.1) is 5.82 Å². The van der Waals surface area contributed by atoms with Gasteiger partial charge in [-0.2, -0.15) is 5.10 Å². The van der Waals surface area contributed by atoms with Gasteiger partial charge in [0, 0.05) is 23.4 Å². The minimum absolute atomic E-state index is 0.0477. The third-order valence-corrected chi connectivity index (χ3v) is 4.57. The molecule has 1 aliphatic heterocycles. The predicted octanol–water partition coefficient (Wildman–Crippen LogP) is 3.56. The Morgan fingerprint density at radius 3 is 3.00 bits per heavy atom. The van der Waals surface area contributed by atoms with Crippen LogP contribution in [0.15, 0.2) is 48.8 Å². The van der Waals surface area contributed by atoms with Crippen LogP contribution in [0.2, 0.25) is 0 Å². The summed E-state index contributed by atoms with van der Waals surface area (Å²) in [4.78, 5) is 12.6. The summed E-state index contributed by atoms with van der Waals surface area (Å²) in [7, 11) is 1.49. The monoisotopic (exact) mass is 367 g/mol. The van der Waals surface area contributed by atoms with Crippen molar-refractivity contribution in [2.45, 2.75) is 18.9 Å². The Bertz CT molecular complexity index is 973. The van der Waals surface area contributed by atoms with E-state index in [0.29, 0.717) is 29.0 Å². The van der Waals surface area contributed by atoms with Crippen molar-refractivity contribution in [2.75, 3.05) is 12.4 Å². The minimum atomic E-state index is -0.668. The number of hydrogen-bond donors (Lipinski definition) is 2. The van der Waals surface area contributed by atoms with Crippen LogP contribution < -0.4 is 14.8 Å². The fraction of sp³-hybridized carbons (Fsp3) is 0.200. The lowest BCUT2D eigenvalue weighted by Crippen LogP contribution is -2.36. The smallest absolute Gasteiger partial charge is 0.265 e. The molecule has 138 valence electrons. The summed E-state index contributed by atoms with van der Waals surface area (Å²) >= 11 is 0. The SMILES string of the molecule is COc1cc(NC(=O)C2CCc3ccccc3O2)c(F)cc1-c1cn[nH]c1. The molecule has 0 saturated heterocycles. The van der Waals surface area contributed by atoms with Gasteiger partial charge in [0.25, 0.3) is 5.91 Å². The van der Waals surface area contributed by atoms with Crippen LogP contribution in [0.1, 0.15) is 12.0 Å². The zero-order valence-electron chi connectivity index (χ0n) is 14.7. The van der Waals surface area contributed by atoms with E-state index < -0.39 is 11.9 Å². The number of carbonyl (C=O) groups excluding carboxylic acids is 1. The number of aromatic amines is 1. The van der Waals surface area contributed by atoms with Gasteiger partial charge in [-0.3, -0.25) is 9.89 Å². The number of methoxy groups -OCH3 is 1. The van der Waals surface area contributed by atoms with Crippen molar-refractivity contribution in [1.82, 2.24) is 10.2 Å².